The molecule has 2 heterocycles. The molecule has 1 saturated heterocycles. The minimum atomic E-state index is -0.502. The summed E-state index contributed by atoms with van der Waals surface area (Å²) in [6.07, 6.45) is 2.03. The average Bonchev–Trinajstić information content (AvgIpc) is 2.62. The molecule has 6 nitrogen and oxygen atoms in total. The summed E-state index contributed by atoms with van der Waals surface area (Å²) in [6.45, 7) is 3.89. The zero-order valence-corrected chi connectivity index (χ0v) is 13.3. The minimum Gasteiger partial charge on any atom is -0.386 e. The molecule has 1 atom stereocenters. The number of benzene rings is 1. The molecule has 6 heteroatoms. The van der Waals surface area contributed by atoms with E-state index in [4.69, 9.17) is 5.73 Å². The van der Waals surface area contributed by atoms with Crippen molar-refractivity contribution in [3.63, 3.8) is 0 Å². The lowest BCUT2D eigenvalue weighted by Gasteiger charge is -2.38. The van der Waals surface area contributed by atoms with Crippen LogP contribution < -0.4 is 21.7 Å². The summed E-state index contributed by atoms with van der Waals surface area (Å²) in [6, 6.07) is 9.97. The summed E-state index contributed by atoms with van der Waals surface area (Å²) >= 11 is 0. The smallest absolute Gasteiger partial charge is 0.244 e. The second-order valence-electron chi connectivity index (χ2n) is 6.31. The molecule has 1 amide bonds. The third kappa shape index (κ3) is 3.54. The lowest BCUT2D eigenvalue weighted by atomic mass is 9.73. The van der Waals surface area contributed by atoms with Gasteiger partial charge in [-0.25, -0.2) is 0 Å². The molecular weight excluding hydrogens is 290 g/mol. The fraction of sp³-hybridized carbons (Fsp3) is 0.529. The summed E-state index contributed by atoms with van der Waals surface area (Å²) in [7, 11) is 0. The van der Waals surface area contributed by atoms with E-state index in [9.17, 15) is 4.79 Å². The van der Waals surface area contributed by atoms with Gasteiger partial charge in [0.25, 0.3) is 0 Å². The van der Waals surface area contributed by atoms with E-state index in [2.05, 4.69) is 45.2 Å². The summed E-state index contributed by atoms with van der Waals surface area (Å²) < 4.78 is 0. The molecule has 0 spiro atoms. The van der Waals surface area contributed by atoms with Crippen molar-refractivity contribution >= 4 is 11.7 Å². The second kappa shape index (κ2) is 7.10. The zero-order valence-electron chi connectivity index (χ0n) is 13.3. The third-order valence-corrected chi connectivity index (χ3v) is 4.86. The number of hydrogen-bond donors (Lipinski definition) is 4. The van der Waals surface area contributed by atoms with E-state index < -0.39 is 6.04 Å². The summed E-state index contributed by atoms with van der Waals surface area (Å²) in [5.41, 5.74) is 7.13. The first kappa shape index (κ1) is 16.0. The molecule has 5 N–H and O–H groups in total. The van der Waals surface area contributed by atoms with E-state index in [1.54, 1.807) is 0 Å². The molecular formula is C17H25N5O. The number of nitrogens with one attached hydrogen (secondary N) is 3. The predicted molar refractivity (Wildman–Crippen MR) is 91.5 cm³/mol. The van der Waals surface area contributed by atoms with Crippen molar-refractivity contribution in [2.75, 3.05) is 32.7 Å². The van der Waals surface area contributed by atoms with Crippen LogP contribution in [0.25, 0.3) is 0 Å². The van der Waals surface area contributed by atoms with Gasteiger partial charge in [-0.1, -0.05) is 30.3 Å². The topological polar surface area (TPSA) is 91.5 Å². The number of amidine groups is 1. The standard InChI is InChI=1S/C17H25N5O/c18-15-14(20-10-11-21-15)16(23)22-12-17(6-8-19-9-7-17)13-4-2-1-3-5-13/h1-5,14,19-20H,6-12H2,(H2,18,21)(H,22,23). The first-order valence-electron chi connectivity index (χ1n) is 8.28. The largest absolute Gasteiger partial charge is 0.386 e. The van der Waals surface area contributed by atoms with Crippen molar-refractivity contribution in [2.24, 2.45) is 10.7 Å². The van der Waals surface area contributed by atoms with Crippen molar-refractivity contribution in [1.29, 1.82) is 0 Å². The van der Waals surface area contributed by atoms with Gasteiger partial charge in [-0.2, -0.15) is 0 Å². The first-order chi connectivity index (χ1) is 11.2. The van der Waals surface area contributed by atoms with Crippen molar-refractivity contribution in [3.8, 4) is 0 Å². The van der Waals surface area contributed by atoms with Crippen LogP contribution in [0.5, 0.6) is 0 Å². The highest BCUT2D eigenvalue weighted by molar-refractivity contribution is 6.06. The van der Waals surface area contributed by atoms with Crippen molar-refractivity contribution in [1.82, 2.24) is 16.0 Å². The highest BCUT2D eigenvalue weighted by Gasteiger charge is 2.35. The summed E-state index contributed by atoms with van der Waals surface area (Å²) in [4.78, 5) is 16.6. The molecule has 0 aliphatic carbocycles. The molecule has 124 valence electrons. The number of nitrogens with zero attached hydrogens (tertiary/aromatic N) is 1. The maximum atomic E-state index is 12.5. The van der Waals surface area contributed by atoms with Gasteiger partial charge < -0.3 is 16.4 Å². The number of carbonyl (C=O) groups excluding carboxylic acids is 1. The van der Waals surface area contributed by atoms with E-state index in [0.717, 1.165) is 25.9 Å². The Balaban J connectivity index is 1.71. The molecule has 1 aromatic rings. The molecule has 0 radical (unpaired) electrons. The highest BCUT2D eigenvalue weighted by Crippen LogP contribution is 2.32. The van der Waals surface area contributed by atoms with E-state index in [1.807, 2.05) is 6.07 Å². The quantitative estimate of drug-likeness (QED) is 0.617. The van der Waals surface area contributed by atoms with Crippen molar-refractivity contribution in [3.05, 3.63) is 35.9 Å². The van der Waals surface area contributed by atoms with Crippen LogP contribution in [0.2, 0.25) is 0 Å². The number of amides is 1. The Bertz CT molecular complexity index is 566. The van der Waals surface area contributed by atoms with Gasteiger partial charge in [0.2, 0.25) is 5.91 Å². The van der Waals surface area contributed by atoms with Gasteiger partial charge in [0.05, 0.1) is 6.54 Å². The predicted octanol–water partition coefficient (Wildman–Crippen LogP) is -0.247. The number of carbonyl (C=O) groups is 1. The van der Waals surface area contributed by atoms with E-state index in [1.165, 1.54) is 5.56 Å². The van der Waals surface area contributed by atoms with Crippen LogP contribution in [-0.4, -0.2) is 50.5 Å². The molecule has 0 aromatic heterocycles. The van der Waals surface area contributed by atoms with Crippen molar-refractivity contribution in [2.45, 2.75) is 24.3 Å². The molecule has 2 aliphatic rings. The maximum absolute atomic E-state index is 12.5. The van der Waals surface area contributed by atoms with Gasteiger partial charge in [-0.15, -0.1) is 0 Å². The fourth-order valence-corrected chi connectivity index (χ4v) is 3.44. The molecule has 1 unspecified atom stereocenters. The molecule has 1 aromatic carbocycles. The fourth-order valence-electron chi connectivity index (χ4n) is 3.44. The average molecular weight is 315 g/mol. The highest BCUT2D eigenvalue weighted by atomic mass is 16.2. The van der Waals surface area contributed by atoms with Crippen LogP contribution >= 0.6 is 0 Å². The monoisotopic (exact) mass is 315 g/mol. The van der Waals surface area contributed by atoms with E-state index in [0.29, 0.717) is 25.5 Å². The number of hydrogen-bond acceptors (Lipinski definition) is 5. The van der Waals surface area contributed by atoms with E-state index in [-0.39, 0.29) is 11.3 Å². The number of aliphatic imine (C=N–C) groups is 1. The third-order valence-electron chi connectivity index (χ3n) is 4.86. The van der Waals surface area contributed by atoms with Gasteiger partial charge in [-0.05, 0) is 31.5 Å². The Hall–Kier alpha value is -1.92. The van der Waals surface area contributed by atoms with Gasteiger partial charge in [0.1, 0.15) is 11.9 Å². The summed E-state index contributed by atoms with van der Waals surface area (Å²) in [5.74, 6) is 0.299. The molecule has 2 aliphatic heterocycles. The number of nitrogens with two attached hydrogens (primary N) is 1. The van der Waals surface area contributed by atoms with Gasteiger partial charge in [0, 0.05) is 18.5 Å². The lowest BCUT2D eigenvalue weighted by molar-refractivity contribution is -0.122. The lowest BCUT2D eigenvalue weighted by Crippen LogP contribution is -2.57. The Morgan fingerprint density at radius 1 is 1.26 bits per heavy atom. The van der Waals surface area contributed by atoms with E-state index >= 15 is 0 Å². The van der Waals surface area contributed by atoms with Crippen LogP contribution in [0.3, 0.4) is 0 Å². The molecule has 0 bridgehead atoms. The number of piperidine rings is 1. The Kier molecular flexibility index (Phi) is 4.93. The Morgan fingerprint density at radius 3 is 2.70 bits per heavy atom. The van der Waals surface area contributed by atoms with Crippen LogP contribution in [0.4, 0.5) is 0 Å². The number of rotatable bonds is 4. The Morgan fingerprint density at radius 2 is 2.00 bits per heavy atom. The van der Waals surface area contributed by atoms with Crippen LogP contribution in [0, 0.1) is 0 Å². The minimum absolute atomic E-state index is 0.0112. The van der Waals surface area contributed by atoms with Crippen molar-refractivity contribution < 1.29 is 4.79 Å². The van der Waals surface area contributed by atoms with Crippen LogP contribution in [0.1, 0.15) is 18.4 Å². The normalized spacial score (nSPS) is 23.8. The van der Waals surface area contributed by atoms with Crippen LogP contribution in [0.15, 0.2) is 35.3 Å². The maximum Gasteiger partial charge on any atom is 0.244 e. The second-order valence-corrected chi connectivity index (χ2v) is 6.31. The Labute approximate surface area is 136 Å². The molecule has 0 saturated carbocycles. The van der Waals surface area contributed by atoms with Gasteiger partial charge in [0.15, 0.2) is 0 Å². The van der Waals surface area contributed by atoms with Gasteiger partial charge >= 0.3 is 0 Å². The zero-order chi connectivity index (χ0) is 16.1. The van der Waals surface area contributed by atoms with Crippen LogP contribution in [-0.2, 0) is 10.2 Å². The molecule has 23 heavy (non-hydrogen) atoms. The molecule has 1 fully saturated rings. The van der Waals surface area contributed by atoms with Gasteiger partial charge in [-0.3, -0.25) is 15.1 Å². The first-order valence-corrected chi connectivity index (χ1v) is 8.28. The summed E-state index contributed by atoms with van der Waals surface area (Å²) in [5, 5.41) is 9.63. The SMILES string of the molecule is NC1=NCCNC1C(=O)NCC1(c2ccccc2)CCNCC1. The molecule has 3 rings (SSSR count).